The lowest BCUT2D eigenvalue weighted by Gasteiger charge is -2.13. The third kappa shape index (κ3) is 7.99. The van der Waals surface area contributed by atoms with Gasteiger partial charge in [0.25, 0.3) is 0 Å². The molecule has 0 spiro atoms. The fraction of sp³-hybridized carbons (Fsp3) is 0.588. The molecule has 1 aliphatic heterocycles. The Kier molecular flexibility index (Phi) is 10.2. The lowest BCUT2D eigenvalue weighted by atomic mass is 10.1. The van der Waals surface area contributed by atoms with E-state index in [2.05, 4.69) is 46.8 Å². The first-order valence-corrected chi connectivity index (χ1v) is 7.97. The van der Waals surface area contributed by atoms with Gasteiger partial charge in [0, 0.05) is 26.7 Å². The largest absolute Gasteiger partial charge is 0.377 e. The van der Waals surface area contributed by atoms with E-state index in [1.807, 2.05) is 0 Å². The smallest absolute Gasteiger partial charge is 0.191 e. The van der Waals surface area contributed by atoms with Gasteiger partial charge in [-0.05, 0) is 25.3 Å². The average Bonchev–Trinajstić information content (AvgIpc) is 3.03. The van der Waals surface area contributed by atoms with Crippen LogP contribution in [0.5, 0.6) is 0 Å². The van der Waals surface area contributed by atoms with Crippen LogP contribution in [0.15, 0.2) is 29.3 Å². The highest BCUT2D eigenvalue weighted by Crippen LogP contribution is 2.11. The minimum atomic E-state index is 0. The van der Waals surface area contributed by atoms with Gasteiger partial charge in [0.15, 0.2) is 5.96 Å². The first kappa shape index (κ1) is 20.2. The summed E-state index contributed by atoms with van der Waals surface area (Å²) >= 11 is 0. The molecule has 130 valence electrons. The van der Waals surface area contributed by atoms with Crippen LogP contribution in [0.1, 0.15) is 24.0 Å². The van der Waals surface area contributed by atoms with Crippen LogP contribution in [0, 0.1) is 6.92 Å². The van der Waals surface area contributed by atoms with E-state index in [0.29, 0.717) is 19.3 Å². The Morgan fingerprint density at radius 2 is 2.26 bits per heavy atom. The van der Waals surface area contributed by atoms with E-state index in [1.54, 1.807) is 7.05 Å². The molecule has 2 rings (SSSR count). The predicted molar refractivity (Wildman–Crippen MR) is 105 cm³/mol. The maximum Gasteiger partial charge on any atom is 0.191 e. The van der Waals surface area contributed by atoms with Crippen LogP contribution in [0.3, 0.4) is 0 Å². The molecule has 1 fully saturated rings. The Balaban J connectivity index is 0.00000264. The number of aliphatic imine (C=N–C) groups is 1. The number of rotatable bonds is 7. The third-order valence-corrected chi connectivity index (χ3v) is 3.63. The Morgan fingerprint density at radius 1 is 1.39 bits per heavy atom. The second kappa shape index (κ2) is 11.6. The van der Waals surface area contributed by atoms with Gasteiger partial charge >= 0.3 is 0 Å². The van der Waals surface area contributed by atoms with Gasteiger partial charge in [0.1, 0.15) is 0 Å². The number of hydrogen-bond acceptors (Lipinski definition) is 3. The Labute approximate surface area is 156 Å². The molecule has 0 amide bonds. The van der Waals surface area contributed by atoms with Crippen LogP contribution >= 0.6 is 24.0 Å². The standard InChI is InChI=1S/C17H27N3O2.HI/c1-14-5-3-6-15(11-14)12-20-17(18-2)19-8-10-21-13-16-7-4-9-22-16;/h3,5-6,11,16H,4,7-10,12-13H2,1-2H3,(H2,18,19,20);1H. The zero-order chi connectivity index (χ0) is 15.6. The summed E-state index contributed by atoms with van der Waals surface area (Å²) in [4.78, 5) is 4.21. The summed E-state index contributed by atoms with van der Waals surface area (Å²) in [5, 5.41) is 6.56. The summed E-state index contributed by atoms with van der Waals surface area (Å²) in [6.07, 6.45) is 2.56. The molecule has 1 saturated heterocycles. The number of hydrogen-bond donors (Lipinski definition) is 2. The zero-order valence-electron chi connectivity index (χ0n) is 14.0. The van der Waals surface area contributed by atoms with E-state index < -0.39 is 0 Å². The van der Waals surface area contributed by atoms with Crippen molar-refractivity contribution < 1.29 is 9.47 Å². The summed E-state index contributed by atoms with van der Waals surface area (Å²) in [6.45, 7) is 5.82. The Bertz CT molecular complexity index is 477. The maximum absolute atomic E-state index is 5.62. The predicted octanol–water partition coefficient (Wildman–Crippen LogP) is 2.47. The highest BCUT2D eigenvalue weighted by molar-refractivity contribution is 14.0. The summed E-state index contributed by atoms with van der Waals surface area (Å²) < 4.78 is 11.1. The maximum atomic E-state index is 5.62. The molecule has 1 aromatic rings. The minimum Gasteiger partial charge on any atom is -0.377 e. The van der Waals surface area contributed by atoms with Crippen molar-refractivity contribution in [1.29, 1.82) is 0 Å². The van der Waals surface area contributed by atoms with E-state index in [9.17, 15) is 0 Å². The number of ether oxygens (including phenoxy) is 2. The van der Waals surface area contributed by atoms with Crippen LogP contribution in [0.4, 0.5) is 0 Å². The molecule has 6 heteroatoms. The number of benzene rings is 1. The number of guanidine groups is 1. The molecule has 1 heterocycles. The van der Waals surface area contributed by atoms with E-state index in [0.717, 1.165) is 38.5 Å². The topological polar surface area (TPSA) is 54.9 Å². The molecule has 1 atom stereocenters. The SMILES string of the molecule is CN=C(NCCOCC1CCCO1)NCc1cccc(C)c1.I. The first-order valence-electron chi connectivity index (χ1n) is 7.97. The van der Waals surface area contributed by atoms with Crippen LogP contribution in [0.25, 0.3) is 0 Å². The van der Waals surface area contributed by atoms with Gasteiger partial charge in [-0.25, -0.2) is 0 Å². The molecule has 23 heavy (non-hydrogen) atoms. The highest BCUT2D eigenvalue weighted by Gasteiger charge is 2.14. The monoisotopic (exact) mass is 433 g/mol. The summed E-state index contributed by atoms with van der Waals surface area (Å²) in [7, 11) is 1.78. The second-order valence-corrected chi connectivity index (χ2v) is 5.55. The lowest BCUT2D eigenvalue weighted by molar-refractivity contribution is 0.0191. The van der Waals surface area contributed by atoms with Gasteiger partial charge < -0.3 is 20.1 Å². The minimum absolute atomic E-state index is 0. The molecule has 1 aliphatic rings. The van der Waals surface area contributed by atoms with Crippen molar-refractivity contribution in [3.63, 3.8) is 0 Å². The van der Waals surface area contributed by atoms with E-state index in [-0.39, 0.29) is 24.0 Å². The van der Waals surface area contributed by atoms with Crippen LogP contribution in [-0.4, -0.2) is 45.5 Å². The molecule has 0 radical (unpaired) electrons. The molecule has 0 aromatic heterocycles. The fourth-order valence-corrected chi connectivity index (χ4v) is 2.46. The lowest BCUT2D eigenvalue weighted by Crippen LogP contribution is -2.38. The number of aryl methyl sites for hydroxylation is 1. The molecule has 1 unspecified atom stereocenters. The van der Waals surface area contributed by atoms with Gasteiger partial charge in [0.05, 0.1) is 19.3 Å². The van der Waals surface area contributed by atoms with Crippen molar-refractivity contribution in [2.75, 3.05) is 33.4 Å². The van der Waals surface area contributed by atoms with Crippen molar-refractivity contribution in [1.82, 2.24) is 10.6 Å². The van der Waals surface area contributed by atoms with Crippen LogP contribution < -0.4 is 10.6 Å². The van der Waals surface area contributed by atoms with Gasteiger partial charge in [-0.2, -0.15) is 0 Å². The van der Waals surface area contributed by atoms with E-state index in [1.165, 1.54) is 11.1 Å². The second-order valence-electron chi connectivity index (χ2n) is 5.55. The van der Waals surface area contributed by atoms with Gasteiger partial charge in [0.2, 0.25) is 0 Å². The molecule has 0 bridgehead atoms. The van der Waals surface area contributed by atoms with Gasteiger partial charge in [-0.1, -0.05) is 29.8 Å². The number of nitrogens with one attached hydrogen (secondary N) is 2. The summed E-state index contributed by atoms with van der Waals surface area (Å²) in [5.74, 6) is 0.794. The average molecular weight is 433 g/mol. The van der Waals surface area contributed by atoms with Gasteiger partial charge in [-0.15, -0.1) is 24.0 Å². The van der Waals surface area contributed by atoms with E-state index >= 15 is 0 Å². The zero-order valence-corrected chi connectivity index (χ0v) is 16.3. The molecule has 2 N–H and O–H groups in total. The fourth-order valence-electron chi connectivity index (χ4n) is 2.46. The van der Waals surface area contributed by atoms with Crippen molar-refractivity contribution in [3.8, 4) is 0 Å². The first-order chi connectivity index (χ1) is 10.8. The van der Waals surface area contributed by atoms with Crippen molar-refractivity contribution in [2.45, 2.75) is 32.4 Å². The molecular formula is C17H28IN3O2. The molecule has 0 saturated carbocycles. The Morgan fingerprint density at radius 3 is 2.96 bits per heavy atom. The third-order valence-electron chi connectivity index (χ3n) is 3.63. The molecule has 5 nitrogen and oxygen atoms in total. The summed E-state index contributed by atoms with van der Waals surface area (Å²) in [6, 6.07) is 8.45. The normalized spacial score (nSPS) is 17.7. The van der Waals surface area contributed by atoms with Crippen molar-refractivity contribution in [2.24, 2.45) is 4.99 Å². The van der Waals surface area contributed by atoms with Crippen molar-refractivity contribution in [3.05, 3.63) is 35.4 Å². The van der Waals surface area contributed by atoms with Crippen LogP contribution in [0.2, 0.25) is 0 Å². The summed E-state index contributed by atoms with van der Waals surface area (Å²) in [5.41, 5.74) is 2.52. The highest BCUT2D eigenvalue weighted by atomic mass is 127. The molecule has 0 aliphatic carbocycles. The number of halogens is 1. The van der Waals surface area contributed by atoms with Gasteiger partial charge in [-0.3, -0.25) is 4.99 Å². The molecule has 1 aromatic carbocycles. The Hall–Kier alpha value is -0.860. The molecular weight excluding hydrogens is 405 g/mol. The quantitative estimate of drug-likeness (QED) is 0.300. The number of nitrogens with zero attached hydrogens (tertiary/aromatic N) is 1. The van der Waals surface area contributed by atoms with E-state index in [4.69, 9.17) is 9.47 Å². The van der Waals surface area contributed by atoms with Crippen molar-refractivity contribution >= 4 is 29.9 Å². The van der Waals surface area contributed by atoms with Crippen LogP contribution in [-0.2, 0) is 16.0 Å².